The van der Waals surface area contributed by atoms with Crippen LogP contribution in [0.25, 0.3) is 0 Å². The van der Waals surface area contributed by atoms with E-state index in [-0.39, 0.29) is 0 Å². The third-order valence-electron chi connectivity index (χ3n) is 2.25. The van der Waals surface area contributed by atoms with Crippen molar-refractivity contribution < 1.29 is 0 Å². The average Bonchev–Trinajstić information content (AvgIpc) is 2.53. The molecular formula is C10H10ClN. The highest BCUT2D eigenvalue weighted by molar-refractivity contribution is 6.13. The summed E-state index contributed by atoms with van der Waals surface area (Å²) in [5, 5.41) is 0. The Kier molecular flexibility index (Phi) is 2.21. The van der Waals surface area contributed by atoms with Gasteiger partial charge in [0.1, 0.15) is 0 Å². The van der Waals surface area contributed by atoms with Crippen molar-refractivity contribution in [3.05, 3.63) is 35.9 Å². The lowest BCUT2D eigenvalue weighted by molar-refractivity contribution is 0.436. The summed E-state index contributed by atoms with van der Waals surface area (Å²) in [5.41, 5.74) is 1.25. The van der Waals surface area contributed by atoms with Crippen molar-refractivity contribution in [2.24, 2.45) is 0 Å². The van der Waals surface area contributed by atoms with E-state index in [1.807, 2.05) is 16.6 Å². The molecule has 1 aliphatic heterocycles. The first-order valence-corrected chi connectivity index (χ1v) is 4.52. The lowest BCUT2D eigenvalue weighted by Crippen LogP contribution is -2.10. The van der Waals surface area contributed by atoms with Gasteiger partial charge < -0.3 is 0 Å². The first-order chi connectivity index (χ1) is 5.88. The summed E-state index contributed by atoms with van der Waals surface area (Å²) in [5.74, 6) is 0. The molecule has 0 spiro atoms. The largest absolute Gasteiger partial charge is 0.213 e. The molecule has 2 heteroatoms. The highest BCUT2D eigenvalue weighted by Crippen LogP contribution is 2.32. The van der Waals surface area contributed by atoms with E-state index in [1.54, 1.807) is 0 Å². The van der Waals surface area contributed by atoms with Gasteiger partial charge in [0.25, 0.3) is 0 Å². The predicted molar refractivity (Wildman–Crippen MR) is 48.6 cm³/mol. The van der Waals surface area contributed by atoms with Gasteiger partial charge in [0.05, 0.1) is 6.04 Å². The van der Waals surface area contributed by atoms with Gasteiger partial charge in [-0.2, -0.15) is 0 Å². The van der Waals surface area contributed by atoms with Crippen molar-refractivity contribution in [1.82, 2.24) is 4.42 Å². The van der Waals surface area contributed by atoms with Crippen molar-refractivity contribution in [2.75, 3.05) is 6.54 Å². The lowest BCUT2D eigenvalue weighted by Gasteiger charge is -2.15. The fraction of sp³-hybridized carbons (Fsp3) is 0.400. The van der Waals surface area contributed by atoms with E-state index in [9.17, 15) is 0 Å². The van der Waals surface area contributed by atoms with Crippen LogP contribution >= 0.6 is 11.8 Å². The van der Waals surface area contributed by atoms with E-state index in [0.29, 0.717) is 6.04 Å². The normalized spacial score (nSPS) is 23.9. The van der Waals surface area contributed by atoms with Crippen LogP contribution in [-0.2, 0) is 0 Å². The minimum Gasteiger partial charge on any atom is -0.213 e. The molecule has 0 aliphatic carbocycles. The van der Waals surface area contributed by atoms with Crippen LogP contribution < -0.4 is 0 Å². The second-order valence-corrected chi connectivity index (χ2v) is 3.48. The van der Waals surface area contributed by atoms with Gasteiger partial charge in [0, 0.05) is 6.54 Å². The molecule has 1 fully saturated rings. The predicted octanol–water partition coefficient (Wildman–Crippen LogP) is 2.58. The van der Waals surface area contributed by atoms with Crippen molar-refractivity contribution in [3.8, 4) is 0 Å². The Balaban J connectivity index is 2.19. The minimum atomic E-state index is 0.387. The maximum Gasteiger partial charge on any atom is 0.0508 e. The summed E-state index contributed by atoms with van der Waals surface area (Å²) < 4.78 is 1.88. The molecule has 0 radical (unpaired) electrons. The highest BCUT2D eigenvalue weighted by Gasteiger charge is 2.23. The molecule has 1 nitrogen and oxygen atoms in total. The van der Waals surface area contributed by atoms with Crippen LogP contribution in [0.2, 0.25) is 0 Å². The van der Waals surface area contributed by atoms with Gasteiger partial charge >= 0.3 is 0 Å². The Bertz CT molecular complexity index is 247. The fourth-order valence-electron chi connectivity index (χ4n) is 1.63. The van der Waals surface area contributed by atoms with E-state index >= 15 is 0 Å². The van der Waals surface area contributed by atoms with Crippen molar-refractivity contribution in [2.45, 2.75) is 18.9 Å². The monoisotopic (exact) mass is 179 g/mol. The first kappa shape index (κ1) is 7.91. The third-order valence-corrected chi connectivity index (χ3v) is 2.66. The standard InChI is InChI=1S/C10H10ClN/c11-12-8-4-7-10(12)9-5-2-1-3-6-9/h2,5-6,10H,4,7-8H2. The summed E-state index contributed by atoms with van der Waals surface area (Å²) in [6, 6.07) is 12.1. The Morgan fingerprint density at radius 2 is 2.42 bits per heavy atom. The van der Waals surface area contributed by atoms with Crippen LogP contribution in [0.1, 0.15) is 24.4 Å². The molecule has 1 atom stereocenters. The molecule has 0 N–H and O–H groups in total. The summed E-state index contributed by atoms with van der Waals surface area (Å²) in [7, 11) is 0. The van der Waals surface area contributed by atoms with Crippen LogP contribution in [0.4, 0.5) is 0 Å². The molecule has 0 aromatic heterocycles. The van der Waals surface area contributed by atoms with Gasteiger partial charge in [-0.25, -0.2) is 4.42 Å². The van der Waals surface area contributed by atoms with Crippen LogP contribution in [0.3, 0.4) is 0 Å². The quantitative estimate of drug-likeness (QED) is 0.599. The Labute approximate surface area is 78.1 Å². The first-order valence-electron chi connectivity index (χ1n) is 4.18. The molecule has 1 aromatic rings. The van der Waals surface area contributed by atoms with Crippen LogP contribution in [0, 0.1) is 12.1 Å². The van der Waals surface area contributed by atoms with Gasteiger partial charge in [-0.15, -0.1) is 0 Å². The van der Waals surface area contributed by atoms with Gasteiger partial charge in [-0.3, -0.25) is 0 Å². The van der Waals surface area contributed by atoms with Gasteiger partial charge in [0.15, 0.2) is 0 Å². The molecular weight excluding hydrogens is 170 g/mol. The average molecular weight is 180 g/mol. The van der Waals surface area contributed by atoms with Crippen LogP contribution in [0.5, 0.6) is 0 Å². The Morgan fingerprint density at radius 1 is 1.50 bits per heavy atom. The second kappa shape index (κ2) is 3.35. The second-order valence-electron chi connectivity index (χ2n) is 3.05. The highest BCUT2D eigenvalue weighted by atomic mass is 35.5. The molecule has 2 rings (SSSR count). The van der Waals surface area contributed by atoms with Gasteiger partial charge in [0.2, 0.25) is 0 Å². The van der Waals surface area contributed by atoms with E-state index in [2.05, 4.69) is 18.2 Å². The molecule has 1 heterocycles. The Hall–Kier alpha value is -0.710. The van der Waals surface area contributed by atoms with Crippen molar-refractivity contribution >= 4 is 11.8 Å². The summed E-state index contributed by atoms with van der Waals surface area (Å²) in [6.45, 7) is 0.991. The SMILES string of the molecule is ClN1CCCC1c1cc#ccc1. The molecule has 1 aromatic carbocycles. The zero-order chi connectivity index (χ0) is 8.39. The molecule has 62 valence electrons. The maximum atomic E-state index is 6.02. The number of halogens is 1. The molecule has 12 heavy (non-hydrogen) atoms. The van der Waals surface area contributed by atoms with Gasteiger partial charge in [-0.1, -0.05) is 12.1 Å². The maximum absolute atomic E-state index is 6.02. The topological polar surface area (TPSA) is 3.24 Å². The summed E-state index contributed by atoms with van der Waals surface area (Å²) in [4.78, 5) is 0. The molecule has 0 saturated carbocycles. The van der Waals surface area contributed by atoms with Gasteiger partial charge in [-0.05, 0) is 48.4 Å². The van der Waals surface area contributed by atoms with Crippen LogP contribution in [-0.4, -0.2) is 11.0 Å². The smallest absolute Gasteiger partial charge is 0.0508 e. The molecule has 1 aliphatic rings. The number of nitrogens with zero attached hydrogens (tertiary/aromatic N) is 1. The van der Waals surface area contributed by atoms with Crippen molar-refractivity contribution in [1.29, 1.82) is 0 Å². The lowest BCUT2D eigenvalue weighted by atomic mass is 10.1. The molecule has 1 unspecified atom stereocenters. The summed E-state index contributed by atoms with van der Waals surface area (Å²) in [6.07, 6.45) is 2.34. The summed E-state index contributed by atoms with van der Waals surface area (Å²) >= 11 is 6.02. The number of hydrogen-bond donors (Lipinski definition) is 0. The zero-order valence-electron chi connectivity index (χ0n) is 6.76. The van der Waals surface area contributed by atoms with Crippen LogP contribution in [0.15, 0.2) is 18.2 Å². The minimum absolute atomic E-state index is 0.387. The zero-order valence-corrected chi connectivity index (χ0v) is 7.51. The number of hydrogen-bond acceptors (Lipinski definition) is 1. The molecule has 0 bridgehead atoms. The molecule has 0 amide bonds. The fourth-order valence-corrected chi connectivity index (χ4v) is 1.96. The molecule has 1 saturated heterocycles. The van der Waals surface area contributed by atoms with E-state index in [4.69, 9.17) is 11.8 Å². The Morgan fingerprint density at radius 3 is 3.00 bits per heavy atom. The van der Waals surface area contributed by atoms with Crippen molar-refractivity contribution in [3.63, 3.8) is 0 Å². The van der Waals surface area contributed by atoms with E-state index < -0.39 is 0 Å². The van der Waals surface area contributed by atoms with E-state index in [1.165, 1.54) is 12.0 Å². The number of rotatable bonds is 1. The third kappa shape index (κ3) is 1.41. The van der Waals surface area contributed by atoms with E-state index in [0.717, 1.165) is 13.0 Å².